The van der Waals surface area contributed by atoms with Crippen molar-refractivity contribution in [2.75, 3.05) is 0 Å². The van der Waals surface area contributed by atoms with Gasteiger partial charge in [0.15, 0.2) is 0 Å². The van der Waals surface area contributed by atoms with Gasteiger partial charge in [-0.3, -0.25) is 0 Å². The Morgan fingerprint density at radius 2 is 1.23 bits per heavy atom. The lowest BCUT2D eigenvalue weighted by Gasteiger charge is -2.21. The summed E-state index contributed by atoms with van der Waals surface area (Å²) in [5, 5.41) is 0. The topological polar surface area (TPSA) is 0 Å². The summed E-state index contributed by atoms with van der Waals surface area (Å²) in [6.45, 7) is 50.2. The summed E-state index contributed by atoms with van der Waals surface area (Å²) in [6, 6.07) is 6.50. The Bertz CT molecular complexity index is 905. The van der Waals surface area contributed by atoms with Crippen molar-refractivity contribution in [2.45, 2.75) is 116 Å². The van der Waals surface area contributed by atoms with Gasteiger partial charge < -0.3 is 0 Å². The summed E-state index contributed by atoms with van der Waals surface area (Å²) in [7, 11) is 0. The summed E-state index contributed by atoms with van der Waals surface area (Å²) < 4.78 is 0. The van der Waals surface area contributed by atoms with Gasteiger partial charge in [-0.15, -0.1) is 26.3 Å². The van der Waals surface area contributed by atoms with Crippen LogP contribution in [0.15, 0.2) is 115 Å². The maximum atomic E-state index is 4.07. The Balaban J connectivity index is -0.000000133. The Hall–Kier alpha value is -2.86. The summed E-state index contributed by atoms with van der Waals surface area (Å²) in [6.07, 6.45) is 9.79. The van der Waals surface area contributed by atoms with Crippen LogP contribution in [-0.4, -0.2) is 0 Å². The van der Waals surface area contributed by atoms with Gasteiger partial charge in [0.2, 0.25) is 0 Å². The average Bonchev–Trinajstić information content (AvgIpc) is 2.89. The predicted octanol–water partition coefficient (Wildman–Crippen LogP) is 13.8. The highest BCUT2D eigenvalue weighted by atomic mass is 14.2. The number of rotatable bonds is 2. The highest BCUT2D eigenvalue weighted by molar-refractivity contribution is 5.59. The number of hydrogen-bond acceptors (Lipinski definition) is 0. The van der Waals surface area contributed by atoms with E-state index in [0.29, 0.717) is 0 Å². The van der Waals surface area contributed by atoms with Crippen molar-refractivity contribution in [1.29, 1.82) is 0 Å². The zero-order chi connectivity index (χ0) is 32.1. The van der Waals surface area contributed by atoms with E-state index in [0.717, 1.165) is 24.0 Å². The summed E-state index contributed by atoms with van der Waals surface area (Å²) in [5.41, 5.74) is 12.7. The molecule has 0 aliphatic heterocycles. The summed E-state index contributed by atoms with van der Waals surface area (Å²) in [5.74, 6) is 0. The number of hydrogen-bond donors (Lipinski definition) is 0. The van der Waals surface area contributed by atoms with Crippen LogP contribution in [0.3, 0.4) is 0 Å². The van der Waals surface area contributed by atoms with Gasteiger partial charge in [-0.25, -0.2) is 0 Å². The first-order chi connectivity index (χ1) is 18.2. The maximum absolute atomic E-state index is 4.07. The van der Waals surface area contributed by atoms with E-state index in [9.17, 15) is 0 Å². The van der Waals surface area contributed by atoms with Crippen LogP contribution in [0.25, 0.3) is 0 Å². The first-order valence-corrected chi connectivity index (χ1v) is 14.4. The molecule has 1 aromatic rings. The minimum Gasteiger partial charge on any atom is -0.106 e. The van der Waals surface area contributed by atoms with E-state index in [1.807, 2.05) is 41.5 Å². The van der Waals surface area contributed by atoms with E-state index in [-0.39, 0.29) is 0 Å². The summed E-state index contributed by atoms with van der Waals surface area (Å²) in [4.78, 5) is 0. The van der Waals surface area contributed by atoms with E-state index >= 15 is 0 Å². The van der Waals surface area contributed by atoms with Crippen molar-refractivity contribution in [1.82, 2.24) is 0 Å². The number of aryl methyl sites for hydroxylation is 3. The highest BCUT2D eigenvalue weighted by Crippen LogP contribution is 2.33. The molecule has 2 rings (SSSR count). The molecular weight excluding hydrogens is 468 g/mol. The van der Waals surface area contributed by atoms with E-state index in [2.05, 4.69) is 131 Å². The fourth-order valence-electron chi connectivity index (χ4n) is 2.64. The van der Waals surface area contributed by atoms with Crippen LogP contribution in [0.1, 0.15) is 112 Å². The molecule has 0 nitrogen and oxygen atoms in total. The van der Waals surface area contributed by atoms with Gasteiger partial charge >= 0.3 is 0 Å². The molecule has 0 heterocycles. The molecule has 222 valence electrons. The summed E-state index contributed by atoms with van der Waals surface area (Å²) >= 11 is 0. The third-order valence-electron chi connectivity index (χ3n) is 4.87. The normalized spacial score (nSPS) is 12.8. The lowest BCUT2D eigenvalue weighted by Crippen LogP contribution is -2.02. The van der Waals surface area contributed by atoms with E-state index < -0.39 is 0 Å². The lowest BCUT2D eigenvalue weighted by molar-refractivity contribution is 1.08. The second-order valence-corrected chi connectivity index (χ2v) is 9.48. The minimum absolute atomic E-state index is 0.991. The fraction of sp³-hybridized carbons (Fsp3) is 0.436. The molecule has 0 aromatic heterocycles. The minimum atomic E-state index is 0.991. The predicted molar refractivity (Wildman–Crippen MR) is 189 cm³/mol. The molecule has 0 fully saturated rings. The van der Waals surface area contributed by atoms with E-state index in [1.54, 1.807) is 0 Å². The first-order valence-electron chi connectivity index (χ1n) is 14.4. The van der Waals surface area contributed by atoms with Crippen LogP contribution in [0.5, 0.6) is 0 Å². The molecule has 0 heteroatoms. The lowest BCUT2D eigenvalue weighted by atomic mass is 9.84. The zero-order valence-corrected chi connectivity index (χ0v) is 28.8. The second-order valence-electron chi connectivity index (χ2n) is 9.48. The van der Waals surface area contributed by atoms with Crippen LogP contribution in [-0.2, 0) is 0 Å². The Morgan fingerprint density at radius 3 is 1.49 bits per heavy atom. The van der Waals surface area contributed by atoms with Crippen LogP contribution < -0.4 is 0 Å². The Kier molecular flexibility index (Phi) is 37.0. The largest absolute Gasteiger partial charge is 0.106 e. The van der Waals surface area contributed by atoms with Crippen molar-refractivity contribution in [2.24, 2.45) is 0 Å². The number of benzene rings is 1. The third-order valence-corrected chi connectivity index (χ3v) is 4.87. The molecule has 0 atom stereocenters. The maximum Gasteiger partial charge on any atom is -0.00204 e. The average molecular weight is 535 g/mol. The van der Waals surface area contributed by atoms with Crippen molar-refractivity contribution >= 4 is 0 Å². The third kappa shape index (κ3) is 29.5. The Morgan fingerprint density at radius 1 is 0.821 bits per heavy atom. The highest BCUT2D eigenvalue weighted by Gasteiger charge is 2.15. The quantitative estimate of drug-likeness (QED) is 0.331. The molecule has 1 aliphatic rings. The molecule has 0 unspecified atom stereocenters. The molecule has 0 saturated carbocycles. The SMILES string of the molecule is C=C.C=C(C)C.C=C(C)C1=CC(=C)C(=C/C)/C(=C\C)C1.C=C(C)CC.CC.CCC.Cc1ccc(C)c(C)c1. The first kappa shape index (κ1) is 46.0. The van der Waals surface area contributed by atoms with Crippen LogP contribution in [0.2, 0.25) is 0 Å². The molecule has 0 amide bonds. The fourth-order valence-corrected chi connectivity index (χ4v) is 2.64. The van der Waals surface area contributed by atoms with Gasteiger partial charge in [0.05, 0.1) is 0 Å². The molecule has 0 N–H and O–H groups in total. The molecular formula is C39H66. The van der Waals surface area contributed by atoms with Gasteiger partial charge in [0, 0.05) is 0 Å². The number of allylic oxidation sites excluding steroid dienone is 10. The Labute approximate surface area is 247 Å². The van der Waals surface area contributed by atoms with Gasteiger partial charge in [0.25, 0.3) is 0 Å². The van der Waals surface area contributed by atoms with Crippen molar-refractivity contribution in [3.8, 4) is 0 Å². The van der Waals surface area contributed by atoms with Crippen molar-refractivity contribution in [3.05, 3.63) is 132 Å². The standard InChI is InChI=1S/C14H18.C9H12.C5H10.C4H8.C3H8.C2H6.C2H4/c1-6-12-9-13(10(3)4)8-11(5)14(12)7-2;1-7-4-5-8(2)9(3)6-7;1-4-5(2)3;1-4(2)3;1-3-2;2*1-2/h6-8H,3,5,9H2,1-2,4H3;4-6H,1-3H3;2,4H2,1,3H3;1H2,2-3H3;3H2,1-2H3;1-2H3;1-2H2/b12-6-,14-7-;;;;;;. The molecule has 0 saturated heterocycles. The van der Waals surface area contributed by atoms with Crippen molar-refractivity contribution in [3.63, 3.8) is 0 Å². The molecule has 0 radical (unpaired) electrons. The zero-order valence-electron chi connectivity index (χ0n) is 28.8. The molecule has 1 aliphatic carbocycles. The second kappa shape index (κ2) is 31.4. The monoisotopic (exact) mass is 535 g/mol. The van der Waals surface area contributed by atoms with Gasteiger partial charge in [-0.2, -0.15) is 0 Å². The van der Waals surface area contributed by atoms with Crippen LogP contribution >= 0.6 is 0 Å². The van der Waals surface area contributed by atoms with E-state index in [1.165, 1.54) is 51.0 Å². The smallest absolute Gasteiger partial charge is 0.00204 e. The van der Waals surface area contributed by atoms with Gasteiger partial charge in [-0.1, -0.05) is 113 Å². The molecule has 39 heavy (non-hydrogen) atoms. The molecule has 0 spiro atoms. The van der Waals surface area contributed by atoms with Crippen molar-refractivity contribution < 1.29 is 0 Å². The van der Waals surface area contributed by atoms with Gasteiger partial charge in [0.1, 0.15) is 0 Å². The van der Waals surface area contributed by atoms with Crippen LogP contribution in [0.4, 0.5) is 0 Å². The van der Waals surface area contributed by atoms with E-state index in [4.69, 9.17) is 0 Å². The molecule has 0 bridgehead atoms. The molecule has 1 aromatic carbocycles. The van der Waals surface area contributed by atoms with Gasteiger partial charge in [-0.05, 0) is 109 Å². The van der Waals surface area contributed by atoms with Crippen LogP contribution in [0, 0.1) is 20.8 Å².